The van der Waals surface area contributed by atoms with E-state index in [0.29, 0.717) is 6.42 Å². The van der Waals surface area contributed by atoms with Crippen LogP contribution in [-0.2, 0) is 9.84 Å². The quantitative estimate of drug-likeness (QED) is 0.362. The molecule has 0 radical (unpaired) electrons. The molecule has 28 heavy (non-hydrogen) atoms. The molecule has 2 amide bonds. The molecule has 148 valence electrons. The lowest BCUT2D eigenvalue weighted by atomic mass is 10.2. The molecule has 2 aromatic rings. The number of hydrogen-bond acceptors (Lipinski definition) is 8. The Balaban J connectivity index is 2.20. The summed E-state index contributed by atoms with van der Waals surface area (Å²) in [6.07, 6.45) is 1.45. The smallest absolute Gasteiger partial charge is 0.267 e. The van der Waals surface area contributed by atoms with Gasteiger partial charge in [-0.2, -0.15) is 0 Å². The molecule has 0 fully saturated rings. The van der Waals surface area contributed by atoms with Crippen LogP contribution in [0.25, 0.3) is 0 Å². The van der Waals surface area contributed by atoms with Crippen LogP contribution in [0.2, 0.25) is 0 Å². The average Bonchev–Trinajstić information content (AvgIpc) is 2.65. The normalized spacial score (nSPS) is 10.9. The van der Waals surface area contributed by atoms with Crippen molar-refractivity contribution in [1.29, 1.82) is 0 Å². The van der Waals surface area contributed by atoms with Crippen molar-refractivity contribution in [2.24, 2.45) is 0 Å². The number of nitrogens with zero attached hydrogens (tertiary/aromatic N) is 3. The predicted molar refractivity (Wildman–Crippen MR) is 100 cm³/mol. The minimum atomic E-state index is -3.76. The largest absolute Gasteiger partial charge is 0.289 e. The number of halogens is 1. The zero-order valence-electron chi connectivity index (χ0n) is 14.4. The Labute approximate surface area is 167 Å². The summed E-state index contributed by atoms with van der Waals surface area (Å²) in [6.45, 7) is 1.67. The summed E-state index contributed by atoms with van der Waals surface area (Å²) in [6, 6.07) is 5.18. The number of hydrogen-bond donors (Lipinski definition) is 2. The Morgan fingerprint density at radius 2 is 1.86 bits per heavy atom. The summed E-state index contributed by atoms with van der Waals surface area (Å²) in [5.74, 6) is -2.05. The lowest BCUT2D eigenvalue weighted by molar-refractivity contribution is -0.385. The summed E-state index contributed by atoms with van der Waals surface area (Å²) in [4.78, 5) is 42.1. The third kappa shape index (κ3) is 4.86. The third-order valence-corrected chi connectivity index (χ3v) is 5.60. The highest BCUT2D eigenvalue weighted by atomic mass is 79.9. The van der Waals surface area contributed by atoms with Gasteiger partial charge in [0.2, 0.25) is 15.0 Å². The van der Waals surface area contributed by atoms with Crippen molar-refractivity contribution in [3.05, 3.63) is 56.3 Å². The second kappa shape index (κ2) is 8.84. The number of nitrogens with one attached hydrogen (secondary N) is 2. The van der Waals surface area contributed by atoms with E-state index in [-0.39, 0.29) is 21.5 Å². The Hall–Kier alpha value is -2.93. The van der Waals surface area contributed by atoms with Gasteiger partial charge in [-0.25, -0.2) is 18.4 Å². The summed E-state index contributed by atoms with van der Waals surface area (Å²) >= 11 is 3.04. The highest BCUT2D eigenvalue weighted by molar-refractivity contribution is 9.10. The van der Waals surface area contributed by atoms with Gasteiger partial charge in [0.05, 0.1) is 15.1 Å². The van der Waals surface area contributed by atoms with E-state index in [1.807, 2.05) is 10.9 Å². The van der Waals surface area contributed by atoms with Gasteiger partial charge in [0, 0.05) is 12.3 Å². The maximum absolute atomic E-state index is 12.3. The number of nitro groups is 1. The lowest BCUT2D eigenvalue weighted by Gasteiger charge is -2.09. The van der Waals surface area contributed by atoms with Crippen molar-refractivity contribution in [2.75, 3.05) is 5.75 Å². The predicted octanol–water partition coefficient (Wildman–Crippen LogP) is 1.41. The summed E-state index contributed by atoms with van der Waals surface area (Å²) in [5.41, 5.74) is 3.04. The molecule has 1 aromatic heterocycles. The van der Waals surface area contributed by atoms with E-state index in [2.05, 4.69) is 25.9 Å². The molecule has 0 aliphatic rings. The van der Waals surface area contributed by atoms with Crippen LogP contribution in [0.1, 0.15) is 34.2 Å². The first kappa shape index (κ1) is 21.4. The Bertz CT molecular complexity index is 1040. The second-order valence-electron chi connectivity index (χ2n) is 5.35. The topological polar surface area (TPSA) is 161 Å². The maximum atomic E-state index is 12.3. The fourth-order valence-corrected chi connectivity index (χ4v) is 3.62. The fourth-order valence-electron chi connectivity index (χ4n) is 2.08. The van der Waals surface area contributed by atoms with Gasteiger partial charge >= 0.3 is 0 Å². The number of aromatic nitrogens is 2. The van der Waals surface area contributed by atoms with Gasteiger partial charge in [-0.1, -0.05) is 19.1 Å². The number of carbonyl (C=O) groups is 2. The number of para-hydroxylation sites is 1. The molecule has 2 N–H and O–H groups in total. The van der Waals surface area contributed by atoms with Crippen LogP contribution in [0, 0.1) is 10.1 Å². The van der Waals surface area contributed by atoms with E-state index in [1.165, 1.54) is 18.2 Å². The van der Waals surface area contributed by atoms with Gasteiger partial charge in [-0.05, 0) is 28.4 Å². The molecular formula is C15H14BrN5O6S. The zero-order chi connectivity index (χ0) is 20.9. The van der Waals surface area contributed by atoms with E-state index in [1.54, 1.807) is 6.92 Å². The van der Waals surface area contributed by atoms with Crippen LogP contribution < -0.4 is 10.9 Å². The minimum absolute atomic E-state index is 0.0976. The van der Waals surface area contributed by atoms with Crippen LogP contribution in [0.5, 0.6) is 0 Å². The summed E-state index contributed by atoms with van der Waals surface area (Å²) in [7, 11) is -3.76. The first-order valence-electron chi connectivity index (χ1n) is 7.76. The van der Waals surface area contributed by atoms with Crippen molar-refractivity contribution in [3.8, 4) is 0 Å². The number of amides is 2. The van der Waals surface area contributed by atoms with E-state index in [9.17, 15) is 28.1 Å². The standard InChI is InChI=1S/C15H14BrN5O6S/c1-2-7-28(26,27)15-17-8-10(16)12(18-15)14(23)20-19-13(22)9-5-3-4-6-11(9)21(24)25/h3-6,8H,2,7H2,1H3,(H,19,22)(H,20,23). The Morgan fingerprint density at radius 3 is 2.50 bits per heavy atom. The number of nitro benzene ring substituents is 1. The van der Waals surface area contributed by atoms with Crippen LogP contribution in [0.3, 0.4) is 0 Å². The average molecular weight is 472 g/mol. The molecule has 13 heteroatoms. The van der Waals surface area contributed by atoms with E-state index in [0.717, 1.165) is 12.3 Å². The third-order valence-electron chi connectivity index (χ3n) is 3.32. The molecule has 1 heterocycles. The monoisotopic (exact) mass is 471 g/mol. The first-order valence-corrected chi connectivity index (χ1v) is 10.2. The van der Waals surface area contributed by atoms with Gasteiger partial charge in [0.15, 0.2) is 0 Å². The second-order valence-corrected chi connectivity index (χ2v) is 8.21. The molecule has 0 unspecified atom stereocenters. The van der Waals surface area contributed by atoms with Crippen molar-refractivity contribution < 1.29 is 22.9 Å². The molecule has 0 bridgehead atoms. The first-order chi connectivity index (χ1) is 13.2. The maximum Gasteiger partial charge on any atom is 0.289 e. The van der Waals surface area contributed by atoms with Gasteiger partial charge in [-0.15, -0.1) is 0 Å². The van der Waals surface area contributed by atoms with Crippen molar-refractivity contribution in [3.63, 3.8) is 0 Å². The molecule has 0 aliphatic heterocycles. The molecular weight excluding hydrogens is 458 g/mol. The molecule has 0 saturated carbocycles. The number of rotatable bonds is 6. The Kier molecular flexibility index (Phi) is 6.75. The van der Waals surface area contributed by atoms with Crippen molar-refractivity contribution >= 4 is 43.3 Å². The van der Waals surface area contributed by atoms with Crippen LogP contribution >= 0.6 is 15.9 Å². The van der Waals surface area contributed by atoms with E-state index >= 15 is 0 Å². The number of hydrazine groups is 1. The Morgan fingerprint density at radius 1 is 1.21 bits per heavy atom. The van der Waals surface area contributed by atoms with E-state index < -0.39 is 37.4 Å². The zero-order valence-corrected chi connectivity index (χ0v) is 16.8. The summed E-state index contributed by atoms with van der Waals surface area (Å²) in [5, 5.41) is 10.5. The van der Waals surface area contributed by atoms with Crippen molar-refractivity contribution in [2.45, 2.75) is 18.5 Å². The summed E-state index contributed by atoms with van der Waals surface area (Å²) < 4.78 is 24.2. The SMILES string of the molecule is CCCS(=O)(=O)c1ncc(Br)c(C(=O)NNC(=O)c2ccccc2[N+](=O)[O-])n1. The number of sulfone groups is 1. The molecule has 1 aromatic carbocycles. The van der Waals surface area contributed by atoms with Crippen molar-refractivity contribution in [1.82, 2.24) is 20.8 Å². The molecule has 0 spiro atoms. The van der Waals surface area contributed by atoms with Gasteiger partial charge < -0.3 is 0 Å². The minimum Gasteiger partial charge on any atom is -0.267 e. The molecule has 0 saturated heterocycles. The molecule has 2 rings (SSSR count). The molecule has 0 atom stereocenters. The molecule has 0 aliphatic carbocycles. The van der Waals surface area contributed by atoms with Gasteiger partial charge in [0.25, 0.3) is 17.5 Å². The molecule has 11 nitrogen and oxygen atoms in total. The fraction of sp³-hybridized carbons (Fsp3) is 0.200. The number of carbonyl (C=O) groups excluding carboxylic acids is 2. The van der Waals surface area contributed by atoms with Crippen LogP contribution in [0.15, 0.2) is 40.1 Å². The highest BCUT2D eigenvalue weighted by Gasteiger charge is 2.23. The van der Waals surface area contributed by atoms with Gasteiger partial charge in [0.1, 0.15) is 11.3 Å². The van der Waals surface area contributed by atoms with Crippen LogP contribution in [0.4, 0.5) is 5.69 Å². The van der Waals surface area contributed by atoms with E-state index in [4.69, 9.17) is 0 Å². The highest BCUT2D eigenvalue weighted by Crippen LogP contribution is 2.18. The number of benzene rings is 1. The van der Waals surface area contributed by atoms with Gasteiger partial charge in [-0.3, -0.25) is 30.6 Å². The van der Waals surface area contributed by atoms with Crippen LogP contribution in [-0.4, -0.2) is 40.9 Å². The lowest BCUT2D eigenvalue weighted by Crippen LogP contribution is -2.42.